The molecular weight excluding hydrogens is 244 g/mol. The van der Waals surface area contributed by atoms with Crippen molar-refractivity contribution in [2.75, 3.05) is 40.1 Å². The molecule has 0 aliphatic carbocycles. The fourth-order valence-electron chi connectivity index (χ4n) is 1.50. The first kappa shape index (κ1) is 15.8. The number of aryl methyl sites for hydroxylation is 1. The average molecular weight is 266 g/mol. The summed E-state index contributed by atoms with van der Waals surface area (Å²) in [4.78, 5) is 11.8. The molecule has 0 aromatic heterocycles. The summed E-state index contributed by atoms with van der Waals surface area (Å²) in [5.41, 5.74) is 1.84. The number of hydrogen-bond acceptors (Lipinski definition) is 4. The third-order valence-corrected chi connectivity index (χ3v) is 2.62. The number of carbonyl (C=O) groups is 1. The van der Waals surface area contributed by atoms with Gasteiger partial charge >= 0.3 is 0 Å². The Bertz CT molecular complexity index is 359. The zero-order chi connectivity index (χ0) is 13.9. The molecule has 0 saturated heterocycles. The standard InChI is InChI=1S/C15H22O4/c1-13-4-6-14(7-5-13)15(16)12-19-9-3-8-18-11-10-17-2/h4-7H,3,8-12H2,1-2H3. The quantitative estimate of drug-likeness (QED) is 0.481. The van der Waals surface area contributed by atoms with Crippen LogP contribution in [0.5, 0.6) is 0 Å². The maximum atomic E-state index is 11.8. The van der Waals surface area contributed by atoms with Gasteiger partial charge in [-0.25, -0.2) is 0 Å². The normalized spacial score (nSPS) is 10.6. The number of ether oxygens (including phenoxy) is 3. The number of Topliss-reactive ketones (excluding diaryl/α,β-unsaturated/α-hetero) is 1. The number of carbonyl (C=O) groups excluding carboxylic acids is 1. The minimum Gasteiger partial charge on any atom is -0.382 e. The van der Waals surface area contributed by atoms with Crippen molar-refractivity contribution in [1.29, 1.82) is 0 Å². The molecule has 4 heteroatoms. The zero-order valence-corrected chi connectivity index (χ0v) is 11.7. The number of methoxy groups -OCH3 is 1. The van der Waals surface area contributed by atoms with E-state index in [0.29, 0.717) is 32.0 Å². The molecule has 0 amide bonds. The Labute approximate surface area is 114 Å². The van der Waals surface area contributed by atoms with E-state index in [1.807, 2.05) is 31.2 Å². The fraction of sp³-hybridized carbons (Fsp3) is 0.533. The maximum absolute atomic E-state index is 11.8. The van der Waals surface area contributed by atoms with Gasteiger partial charge in [0.1, 0.15) is 6.61 Å². The molecule has 0 spiro atoms. The summed E-state index contributed by atoms with van der Waals surface area (Å²) in [6, 6.07) is 7.51. The van der Waals surface area contributed by atoms with Crippen LogP contribution in [0.3, 0.4) is 0 Å². The highest BCUT2D eigenvalue weighted by molar-refractivity contribution is 5.97. The van der Waals surface area contributed by atoms with Gasteiger partial charge < -0.3 is 14.2 Å². The Balaban J connectivity index is 2.06. The molecule has 1 aromatic rings. The van der Waals surface area contributed by atoms with Crippen LogP contribution < -0.4 is 0 Å². The molecule has 106 valence electrons. The van der Waals surface area contributed by atoms with E-state index in [0.717, 1.165) is 12.0 Å². The summed E-state index contributed by atoms with van der Waals surface area (Å²) in [5.74, 6) is 0.0142. The summed E-state index contributed by atoms with van der Waals surface area (Å²) in [6.07, 6.45) is 0.783. The lowest BCUT2D eigenvalue weighted by atomic mass is 10.1. The molecule has 19 heavy (non-hydrogen) atoms. The van der Waals surface area contributed by atoms with Crippen LogP contribution in [0.15, 0.2) is 24.3 Å². The Kier molecular flexibility index (Phi) is 8.05. The van der Waals surface area contributed by atoms with E-state index in [-0.39, 0.29) is 12.4 Å². The van der Waals surface area contributed by atoms with Crippen LogP contribution in [-0.4, -0.2) is 45.9 Å². The molecule has 0 N–H and O–H groups in total. The largest absolute Gasteiger partial charge is 0.382 e. The highest BCUT2D eigenvalue weighted by Crippen LogP contribution is 2.04. The first-order valence-corrected chi connectivity index (χ1v) is 6.48. The second-order valence-electron chi connectivity index (χ2n) is 4.30. The Morgan fingerprint density at radius 1 is 1.00 bits per heavy atom. The van der Waals surface area contributed by atoms with Crippen molar-refractivity contribution in [2.24, 2.45) is 0 Å². The van der Waals surface area contributed by atoms with Gasteiger partial charge in [0.15, 0.2) is 5.78 Å². The Morgan fingerprint density at radius 2 is 1.68 bits per heavy atom. The van der Waals surface area contributed by atoms with Crippen molar-refractivity contribution < 1.29 is 19.0 Å². The van der Waals surface area contributed by atoms with Gasteiger partial charge in [-0.05, 0) is 13.3 Å². The topological polar surface area (TPSA) is 44.8 Å². The predicted molar refractivity (Wildman–Crippen MR) is 73.6 cm³/mol. The highest BCUT2D eigenvalue weighted by Gasteiger charge is 2.04. The average Bonchev–Trinajstić information content (AvgIpc) is 2.42. The van der Waals surface area contributed by atoms with Crippen LogP contribution in [0.25, 0.3) is 0 Å². The van der Waals surface area contributed by atoms with Gasteiger partial charge in [-0.2, -0.15) is 0 Å². The molecule has 0 aliphatic heterocycles. The van der Waals surface area contributed by atoms with Crippen LogP contribution in [0.4, 0.5) is 0 Å². The van der Waals surface area contributed by atoms with E-state index >= 15 is 0 Å². The van der Waals surface area contributed by atoms with Crippen LogP contribution in [0, 0.1) is 6.92 Å². The highest BCUT2D eigenvalue weighted by atomic mass is 16.5. The molecule has 4 nitrogen and oxygen atoms in total. The summed E-state index contributed by atoms with van der Waals surface area (Å²) in [5, 5.41) is 0. The van der Waals surface area contributed by atoms with Crippen molar-refractivity contribution in [2.45, 2.75) is 13.3 Å². The molecule has 0 heterocycles. The first-order chi connectivity index (χ1) is 9.24. The van der Waals surface area contributed by atoms with E-state index in [1.165, 1.54) is 0 Å². The molecule has 0 atom stereocenters. The number of benzene rings is 1. The van der Waals surface area contributed by atoms with Gasteiger partial charge in [-0.3, -0.25) is 4.79 Å². The predicted octanol–water partition coefficient (Wildman–Crippen LogP) is 2.25. The third-order valence-electron chi connectivity index (χ3n) is 2.62. The molecular formula is C15H22O4. The Hall–Kier alpha value is -1.23. The summed E-state index contributed by atoms with van der Waals surface area (Å²) < 4.78 is 15.5. The SMILES string of the molecule is COCCOCCCOCC(=O)c1ccc(C)cc1. The van der Waals surface area contributed by atoms with Crippen molar-refractivity contribution >= 4 is 5.78 Å². The number of hydrogen-bond donors (Lipinski definition) is 0. The lowest BCUT2D eigenvalue weighted by Gasteiger charge is -2.05. The molecule has 0 saturated carbocycles. The van der Waals surface area contributed by atoms with Crippen LogP contribution in [0.2, 0.25) is 0 Å². The Morgan fingerprint density at radius 3 is 2.37 bits per heavy atom. The van der Waals surface area contributed by atoms with Crippen molar-refractivity contribution in [3.63, 3.8) is 0 Å². The fourth-order valence-corrected chi connectivity index (χ4v) is 1.50. The minimum absolute atomic E-state index is 0.0142. The molecule has 0 radical (unpaired) electrons. The van der Waals surface area contributed by atoms with Crippen molar-refractivity contribution in [3.8, 4) is 0 Å². The van der Waals surface area contributed by atoms with Crippen LogP contribution in [-0.2, 0) is 14.2 Å². The molecule has 0 aliphatic rings. The lowest BCUT2D eigenvalue weighted by Crippen LogP contribution is -2.11. The molecule has 0 fully saturated rings. The van der Waals surface area contributed by atoms with Gasteiger partial charge in [-0.1, -0.05) is 29.8 Å². The van der Waals surface area contributed by atoms with Gasteiger partial charge in [0, 0.05) is 25.9 Å². The number of rotatable bonds is 10. The van der Waals surface area contributed by atoms with E-state index < -0.39 is 0 Å². The second-order valence-corrected chi connectivity index (χ2v) is 4.30. The molecule has 0 bridgehead atoms. The monoisotopic (exact) mass is 266 g/mol. The minimum atomic E-state index is 0.0142. The van der Waals surface area contributed by atoms with Crippen molar-refractivity contribution in [3.05, 3.63) is 35.4 Å². The maximum Gasteiger partial charge on any atom is 0.188 e. The van der Waals surface area contributed by atoms with Crippen LogP contribution in [0.1, 0.15) is 22.3 Å². The first-order valence-electron chi connectivity index (χ1n) is 6.48. The molecule has 1 aromatic carbocycles. The number of ketones is 1. The van der Waals surface area contributed by atoms with E-state index in [1.54, 1.807) is 7.11 Å². The summed E-state index contributed by atoms with van der Waals surface area (Å²) in [7, 11) is 1.64. The van der Waals surface area contributed by atoms with E-state index in [9.17, 15) is 4.79 Å². The van der Waals surface area contributed by atoms with E-state index in [2.05, 4.69) is 0 Å². The van der Waals surface area contributed by atoms with Gasteiger partial charge in [0.05, 0.1) is 13.2 Å². The van der Waals surface area contributed by atoms with E-state index in [4.69, 9.17) is 14.2 Å². The van der Waals surface area contributed by atoms with Gasteiger partial charge in [-0.15, -0.1) is 0 Å². The van der Waals surface area contributed by atoms with Gasteiger partial charge in [0.2, 0.25) is 0 Å². The smallest absolute Gasteiger partial charge is 0.188 e. The van der Waals surface area contributed by atoms with Gasteiger partial charge in [0.25, 0.3) is 0 Å². The molecule has 0 unspecified atom stereocenters. The second kappa shape index (κ2) is 9.67. The summed E-state index contributed by atoms with van der Waals surface area (Å²) in [6.45, 7) is 4.48. The van der Waals surface area contributed by atoms with Crippen molar-refractivity contribution in [1.82, 2.24) is 0 Å². The third kappa shape index (κ3) is 7.06. The zero-order valence-electron chi connectivity index (χ0n) is 11.7. The molecule has 1 rings (SSSR count). The lowest BCUT2D eigenvalue weighted by molar-refractivity contribution is 0.0488. The summed E-state index contributed by atoms with van der Waals surface area (Å²) >= 11 is 0. The van der Waals surface area contributed by atoms with Crippen LogP contribution >= 0.6 is 0 Å².